The van der Waals surface area contributed by atoms with E-state index in [-0.39, 0.29) is 18.8 Å². The predicted molar refractivity (Wildman–Crippen MR) is 71.3 cm³/mol. The lowest BCUT2D eigenvalue weighted by atomic mass is 9.78. The fourth-order valence-electron chi connectivity index (χ4n) is 2.33. The minimum absolute atomic E-state index is 0.223. The van der Waals surface area contributed by atoms with E-state index in [2.05, 4.69) is 0 Å². The number of hydrogen-bond acceptors (Lipinski definition) is 3. The zero-order valence-electron chi connectivity index (χ0n) is 11.6. The number of benzene rings is 1. The Kier molecular flexibility index (Phi) is 5.48. The van der Waals surface area contributed by atoms with Gasteiger partial charge >= 0.3 is 5.97 Å². The van der Waals surface area contributed by atoms with E-state index in [4.69, 9.17) is 4.74 Å². The summed E-state index contributed by atoms with van der Waals surface area (Å²) in [6.45, 7) is 5.55. The lowest BCUT2D eigenvalue weighted by Gasteiger charge is -2.33. The molecule has 0 aliphatic carbocycles. The number of carbonyl (C=O) groups excluding carboxylic acids is 1. The van der Waals surface area contributed by atoms with E-state index in [0.29, 0.717) is 6.42 Å². The van der Waals surface area contributed by atoms with E-state index in [1.807, 2.05) is 6.92 Å². The molecule has 1 rings (SSSR count). The first-order chi connectivity index (χ1) is 8.99. The molecule has 0 amide bonds. The van der Waals surface area contributed by atoms with Crippen molar-refractivity contribution in [3.8, 4) is 0 Å². The number of ether oxygens (including phenoxy) is 1. The normalized spacial score (nSPS) is 15.6. The first kappa shape index (κ1) is 15.6. The summed E-state index contributed by atoms with van der Waals surface area (Å²) in [7, 11) is 0. The molecule has 0 spiro atoms. The van der Waals surface area contributed by atoms with Crippen LogP contribution < -0.4 is 0 Å². The van der Waals surface area contributed by atoms with Crippen LogP contribution in [0.5, 0.6) is 0 Å². The lowest BCUT2D eigenvalue weighted by molar-refractivity contribution is -0.168. The van der Waals surface area contributed by atoms with Crippen LogP contribution in [0.15, 0.2) is 24.3 Å². The molecular formula is C15H21FO3. The van der Waals surface area contributed by atoms with E-state index < -0.39 is 17.5 Å². The molecule has 1 aromatic carbocycles. The molecule has 2 atom stereocenters. The Bertz CT molecular complexity index is 416. The standard InChI is InChI=1S/C15H21FO3/c1-4-13(11-7-9-12(16)10-8-11)15(18,5-2)14(17)19-6-3/h7-10,13,18H,4-6H2,1-3H3. The van der Waals surface area contributed by atoms with Crippen molar-refractivity contribution in [1.82, 2.24) is 0 Å². The molecule has 0 saturated heterocycles. The highest BCUT2D eigenvalue weighted by Crippen LogP contribution is 2.35. The van der Waals surface area contributed by atoms with Crippen molar-refractivity contribution in [2.45, 2.75) is 45.1 Å². The van der Waals surface area contributed by atoms with Gasteiger partial charge in [0.2, 0.25) is 0 Å². The Hall–Kier alpha value is -1.42. The Morgan fingerprint density at radius 2 is 1.89 bits per heavy atom. The Labute approximate surface area is 113 Å². The van der Waals surface area contributed by atoms with Crippen molar-refractivity contribution in [2.75, 3.05) is 6.61 Å². The van der Waals surface area contributed by atoms with Crippen molar-refractivity contribution in [2.24, 2.45) is 0 Å². The predicted octanol–water partition coefficient (Wildman–Crippen LogP) is 3.02. The van der Waals surface area contributed by atoms with Gasteiger partial charge in [-0.05, 0) is 37.5 Å². The summed E-state index contributed by atoms with van der Waals surface area (Å²) in [4.78, 5) is 12.0. The van der Waals surface area contributed by atoms with Crippen LogP contribution in [0.2, 0.25) is 0 Å². The van der Waals surface area contributed by atoms with Crippen LogP contribution in [0.4, 0.5) is 4.39 Å². The van der Waals surface area contributed by atoms with Gasteiger partial charge in [-0.1, -0.05) is 26.0 Å². The number of rotatable bonds is 6. The third-order valence-electron chi connectivity index (χ3n) is 3.43. The van der Waals surface area contributed by atoms with Gasteiger partial charge in [0.25, 0.3) is 0 Å². The molecule has 1 N–H and O–H groups in total. The minimum atomic E-state index is -1.57. The fourth-order valence-corrected chi connectivity index (χ4v) is 2.33. The molecule has 0 fully saturated rings. The van der Waals surface area contributed by atoms with Crippen LogP contribution in [-0.4, -0.2) is 23.3 Å². The van der Waals surface area contributed by atoms with Crippen LogP contribution in [0.25, 0.3) is 0 Å². The molecule has 0 aliphatic rings. The second-order valence-corrected chi connectivity index (χ2v) is 4.51. The number of aliphatic hydroxyl groups is 1. The maximum atomic E-state index is 13.0. The molecule has 106 valence electrons. The van der Waals surface area contributed by atoms with E-state index in [1.54, 1.807) is 26.0 Å². The summed E-state index contributed by atoms with van der Waals surface area (Å²) in [5, 5.41) is 10.6. The number of hydrogen-bond donors (Lipinski definition) is 1. The summed E-state index contributed by atoms with van der Waals surface area (Å²) >= 11 is 0. The molecule has 0 heterocycles. The fraction of sp³-hybridized carbons (Fsp3) is 0.533. The van der Waals surface area contributed by atoms with Crippen molar-refractivity contribution in [3.05, 3.63) is 35.6 Å². The van der Waals surface area contributed by atoms with Gasteiger partial charge in [-0.25, -0.2) is 9.18 Å². The molecule has 1 aromatic rings. The highest BCUT2D eigenvalue weighted by molar-refractivity contribution is 5.80. The molecular weight excluding hydrogens is 247 g/mol. The SMILES string of the molecule is CCOC(=O)C(O)(CC)C(CC)c1ccc(F)cc1. The van der Waals surface area contributed by atoms with Gasteiger partial charge in [-0.15, -0.1) is 0 Å². The Morgan fingerprint density at radius 1 is 1.32 bits per heavy atom. The van der Waals surface area contributed by atoms with Gasteiger partial charge in [-0.2, -0.15) is 0 Å². The molecule has 0 aliphatic heterocycles. The average molecular weight is 268 g/mol. The smallest absolute Gasteiger partial charge is 0.338 e. The number of halogens is 1. The second-order valence-electron chi connectivity index (χ2n) is 4.51. The van der Waals surface area contributed by atoms with E-state index in [1.165, 1.54) is 12.1 Å². The number of carbonyl (C=O) groups is 1. The van der Waals surface area contributed by atoms with Crippen molar-refractivity contribution in [1.29, 1.82) is 0 Å². The topological polar surface area (TPSA) is 46.5 Å². The van der Waals surface area contributed by atoms with E-state index in [0.717, 1.165) is 5.56 Å². The first-order valence-electron chi connectivity index (χ1n) is 6.64. The van der Waals surface area contributed by atoms with Crippen LogP contribution >= 0.6 is 0 Å². The van der Waals surface area contributed by atoms with Gasteiger partial charge in [-0.3, -0.25) is 0 Å². The molecule has 3 nitrogen and oxygen atoms in total. The largest absolute Gasteiger partial charge is 0.464 e. The first-order valence-corrected chi connectivity index (χ1v) is 6.64. The third-order valence-corrected chi connectivity index (χ3v) is 3.43. The highest BCUT2D eigenvalue weighted by Gasteiger charge is 2.43. The van der Waals surface area contributed by atoms with Crippen LogP contribution in [0, 0.1) is 5.82 Å². The Morgan fingerprint density at radius 3 is 2.32 bits per heavy atom. The van der Waals surface area contributed by atoms with E-state index in [9.17, 15) is 14.3 Å². The summed E-state index contributed by atoms with van der Waals surface area (Å²) in [5.41, 5.74) is -0.830. The monoisotopic (exact) mass is 268 g/mol. The third kappa shape index (κ3) is 3.32. The lowest BCUT2D eigenvalue weighted by Crippen LogP contribution is -2.45. The summed E-state index contributed by atoms with van der Waals surface area (Å²) in [6, 6.07) is 5.87. The van der Waals surface area contributed by atoms with Gasteiger partial charge < -0.3 is 9.84 Å². The van der Waals surface area contributed by atoms with Crippen molar-refractivity contribution >= 4 is 5.97 Å². The van der Waals surface area contributed by atoms with Gasteiger partial charge in [0.05, 0.1) is 6.61 Å². The molecule has 0 aromatic heterocycles. The Balaban J connectivity index is 3.11. The quantitative estimate of drug-likeness (QED) is 0.807. The van der Waals surface area contributed by atoms with Crippen molar-refractivity contribution in [3.63, 3.8) is 0 Å². The van der Waals surface area contributed by atoms with Crippen LogP contribution in [0.1, 0.15) is 45.1 Å². The molecule has 2 unspecified atom stereocenters. The number of esters is 1. The van der Waals surface area contributed by atoms with Crippen LogP contribution in [0.3, 0.4) is 0 Å². The van der Waals surface area contributed by atoms with Gasteiger partial charge in [0.1, 0.15) is 5.82 Å². The zero-order chi connectivity index (χ0) is 14.5. The summed E-state index contributed by atoms with van der Waals surface area (Å²) in [5.74, 6) is -1.36. The van der Waals surface area contributed by atoms with Crippen molar-refractivity contribution < 1.29 is 19.0 Å². The highest BCUT2D eigenvalue weighted by atomic mass is 19.1. The molecule has 0 radical (unpaired) electrons. The molecule has 4 heteroatoms. The molecule has 0 bridgehead atoms. The van der Waals surface area contributed by atoms with Crippen LogP contribution in [-0.2, 0) is 9.53 Å². The van der Waals surface area contributed by atoms with E-state index >= 15 is 0 Å². The zero-order valence-corrected chi connectivity index (χ0v) is 11.6. The summed E-state index contributed by atoms with van der Waals surface area (Å²) in [6.07, 6.45) is 0.816. The maximum Gasteiger partial charge on any atom is 0.338 e. The van der Waals surface area contributed by atoms with Gasteiger partial charge in [0.15, 0.2) is 5.60 Å². The molecule has 19 heavy (non-hydrogen) atoms. The average Bonchev–Trinajstić information content (AvgIpc) is 2.41. The van der Waals surface area contributed by atoms with Gasteiger partial charge in [0, 0.05) is 5.92 Å². The maximum absolute atomic E-state index is 13.0. The minimum Gasteiger partial charge on any atom is -0.464 e. The molecule has 0 saturated carbocycles. The second kappa shape index (κ2) is 6.66. The summed E-state index contributed by atoms with van der Waals surface area (Å²) < 4.78 is 17.9.